The summed E-state index contributed by atoms with van der Waals surface area (Å²) >= 11 is 0. The number of benzene rings is 1. The number of hydrogen-bond donors (Lipinski definition) is 1. The summed E-state index contributed by atoms with van der Waals surface area (Å²) in [5.74, 6) is -1.19. The van der Waals surface area contributed by atoms with E-state index in [1.165, 1.54) is 0 Å². The first-order chi connectivity index (χ1) is 13.0. The number of piperidine rings is 1. The number of rotatable bonds is 6. The van der Waals surface area contributed by atoms with Gasteiger partial charge in [-0.2, -0.15) is 0 Å². The summed E-state index contributed by atoms with van der Waals surface area (Å²) < 4.78 is 5.39. The minimum atomic E-state index is -0.945. The van der Waals surface area contributed by atoms with Crippen LogP contribution in [0.25, 0.3) is 0 Å². The third kappa shape index (κ3) is 4.30. The van der Waals surface area contributed by atoms with Gasteiger partial charge in [0.1, 0.15) is 6.04 Å². The monoisotopic (exact) mass is 374 g/mol. The van der Waals surface area contributed by atoms with Crippen LogP contribution >= 0.6 is 0 Å². The van der Waals surface area contributed by atoms with Gasteiger partial charge >= 0.3 is 5.97 Å². The van der Waals surface area contributed by atoms with Crippen LogP contribution in [0, 0.1) is 0 Å². The van der Waals surface area contributed by atoms with Crippen LogP contribution in [0.4, 0.5) is 0 Å². The van der Waals surface area contributed by atoms with Crippen molar-refractivity contribution >= 4 is 17.8 Å². The number of carbonyl (C=O) groups is 3. The summed E-state index contributed by atoms with van der Waals surface area (Å²) in [6.45, 7) is 0.883. The first kappa shape index (κ1) is 19.4. The molecule has 1 N–H and O–H groups in total. The van der Waals surface area contributed by atoms with E-state index in [0.717, 1.165) is 18.4 Å². The Morgan fingerprint density at radius 1 is 1.26 bits per heavy atom. The van der Waals surface area contributed by atoms with Gasteiger partial charge in [-0.25, -0.2) is 0 Å². The van der Waals surface area contributed by atoms with Gasteiger partial charge < -0.3 is 19.6 Å². The lowest BCUT2D eigenvalue weighted by Crippen LogP contribution is -2.49. The summed E-state index contributed by atoms with van der Waals surface area (Å²) in [5.41, 5.74) is 0.757. The van der Waals surface area contributed by atoms with E-state index in [1.54, 1.807) is 16.9 Å². The molecule has 3 unspecified atom stereocenters. The summed E-state index contributed by atoms with van der Waals surface area (Å²) in [4.78, 5) is 40.6. The molecule has 7 heteroatoms. The van der Waals surface area contributed by atoms with Crippen molar-refractivity contribution in [2.24, 2.45) is 0 Å². The fourth-order valence-electron chi connectivity index (χ4n) is 4.06. The van der Waals surface area contributed by atoms with Gasteiger partial charge in [0, 0.05) is 32.7 Å². The molecule has 1 aromatic carbocycles. The standard InChI is InChI=1S/C20H26N2O5/c1-27-16-11-15(12-18(24)25)22(13-16)20(26)19(14-7-3-2-4-8-14)21-10-6-5-9-17(21)23/h2-4,7-8,15-16,19H,5-6,9-13H2,1H3,(H,24,25). The average molecular weight is 374 g/mol. The van der Waals surface area contributed by atoms with Crippen molar-refractivity contribution in [1.29, 1.82) is 0 Å². The molecule has 0 aliphatic carbocycles. The Morgan fingerprint density at radius 3 is 2.63 bits per heavy atom. The first-order valence-corrected chi connectivity index (χ1v) is 9.40. The third-order valence-corrected chi connectivity index (χ3v) is 5.42. The van der Waals surface area contributed by atoms with Crippen molar-refractivity contribution in [3.8, 4) is 0 Å². The molecule has 3 rings (SSSR count). The van der Waals surface area contributed by atoms with Crippen LogP contribution in [0.2, 0.25) is 0 Å². The van der Waals surface area contributed by atoms with E-state index in [2.05, 4.69) is 0 Å². The molecule has 2 aliphatic rings. The molecule has 3 atom stereocenters. The number of hydrogen-bond acceptors (Lipinski definition) is 4. The molecule has 0 spiro atoms. The molecule has 2 fully saturated rings. The molecular formula is C20H26N2O5. The normalized spacial score (nSPS) is 24.1. The van der Waals surface area contributed by atoms with E-state index in [0.29, 0.717) is 25.9 Å². The van der Waals surface area contributed by atoms with Crippen LogP contribution < -0.4 is 0 Å². The Morgan fingerprint density at radius 2 is 2.00 bits per heavy atom. The number of carbonyl (C=O) groups excluding carboxylic acids is 2. The lowest BCUT2D eigenvalue weighted by Gasteiger charge is -2.37. The van der Waals surface area contributed by atoms with Crippen molar-refractivity contribution in [1.82, 2.24) is 9.80 Å². The molecule has 27 heavy (non-hydrogen) atoms. The summed E-state index contributed by atoms with van der Waals surface area (Å²) in [6.07, 6.45) is 2.32. The van der Waals surface area contributed by atoms with Crippen molar-refractivity contribution < 1.29 is 24.2 Å². The molecule has 2 aliphatic heterocycles. The molecule has 0 radical (unpaired) electrons. The molecule has 2 saturated heterocycles. The quantitative estimate of drug-likeness (QED) is 0.821. The Bertz CT molecular complexity index is 693. The van der Waals surface area contributed by atoms with Gasteiger partial charge in [-0.1, -0.05) is 30.3 Å². The number of ether oxygens (including phenoxy) is 1. The molecule has 146 valence electrons. The van der Waals surface area contributed by atoms with E-state index in [-0.39, 0.29) is 24.3 Å². The largest absolute Gasteiger partial charge is 0.481 e. The Balaban J connectivity index is 1.92. The van der Waals surface area contributed by atoms with Gasteiger partial charge in [0.25, 0.3) is 0 Å². The zero-order chi connectivity index (χ0) is 19.4. The smallest absolute Gasteiger partial charge is 0.305 e. The zero-order valence-corrected chi connectivity index (χ0v) is 15.5. The Kier molecular flexibility index (Phi) is 6.11. The number of carboxylic acid groups (broad SMARTS) is 1. The van der Waals surface area contributed by atoms with E-state index in [4.69, 9.17) is 4.74 Å². The highest BCUT2D eigenvalue weighted by Crippen LogP contribution is 2.32. The average Bonchev–Trinajstić information content (AvgIpc) is 3.06. The molecule has 0 saturated carbocycles. The van der Waals surface area contributed by atoms with Gasteiger partial charge in [-0.05, 0) is 24.8 Å². The number of methoxy groups -OCH3 is 1. The minimum Gasteiger partial charge on any atom is -0.481 e. The molecule has 0 aromatic heterocycles. The fourth-order valence-corrected chi connectivity index (χ4v) is 4.06. The van der Waals surface area contributed by atoms with Crippen LogP contribution in [0.1, 0.15) is 43.7 Å². The molecule has 2 amide bonds. The third-order valence-electron chi connectivity index (χ3n) is 5.42. The lowest BCUT2D eigenvalue weighted by molar-refractivity contribution is -0.149. The van der Waals surface area contributed by atoms with Crippen molar-refractivity contribution in [3.63, 3.8) is 0 Å². The van der Waals surface area contributed by atoms with Crippen LogP contribution in [-0.2, 0) is 19.1 Å². The Labute approximate surface area is 158 Å². The molecule has 1 aromatic rings. The van der Waals surface area contributed by atoms with Gasteiger partial charge in [0.2, 0.25) is 11.8 Å². The van der Waals surface area contributed by atoms with Gasteiger partial charge in [-0.15, -0.1) is 0 Å². The highest BCUT2D eigenvalue weighted by molar-refractivity contribution is 5.89. The summed E-state index contributed by atoms with van der Waals surface area (Å²) in [5, 5.41) is 9.24. The first-order valence-electron chi connectivity index (χ1n) is 9.40. The predicted molar refractivity (Wildman–Crippen MR) is 97.9 cm³/mol. The molecule has 2 heterocycles. The van der Waals surface area contributed by atoms with Crippen LogP contribution in [0.15, 0.2) is 30.3 Å². The number of nitrogens with zero attached hydrogens (tertiary/aromatic N) is 2. The second-order valence-electron chi connectivity index (χ2n) is 7.19. The van der Waals surface area contributed by atoms with Gasteiger partial charge in [0.05, 0.1) is 12.5 Å². The van der Waals surface area contributed by atoms with Crippen LogP contribution in [0.5, 0.6) is 0 Å². The van der Waals surface area contributed by atoms with E-state index < -0.39 is 18.1 Å². The van der Waals surface area contributed by atoms with Crippen LogP contribution in [0.3, 0.4) is 0 Å². The maximum absolute atomic E-state index is 13.5. The molecule has 0 bridgehead atoms. The topological polar surface area (TPSA) is 87.2 Å². The number of carboxylic acids is 1. The summed E-state index contributed by atoms with van der Waals surface area (Å²) in [6, 6.07) is 8.12. The maximum atomic E-state index is 13.5. The van der Waals surface area contributed by atoms with Crippen molar-refractivity contribution in [2.75, 3.05) is 20.2 Å². The van der Waals surface area contributed by atoms with E-state index in [9.17, 15) is 19.5 Å². The highest BCUT2D eigenvalue weighted by Gasteiger charge is 2.42. The predicted octanol–water partition coefficient (Wildman–Crippen LogP) is 1.83. The maximum Gasteiger partial charge on any atom is 0.305 e. The minimum absolute atomic E-state index is 0.0271. The molecule has 7 nitrogen and oxygen atoms in total. The number of amides is 2. The summed E-state index contributed by atoms with van der Waals surface area (Å²) in [7, 11) is 1.57. The number of likely N-dealkylation sites (tertiary alicyclic amines) is 2. The highest BCUT2D eigenvalue weighted by atomic mass is 16.5. The van der Waals surface area contributed by atoms with Gasteiger partial charge in [0.15, 0.2) is 0 Å². The Hall–Kier alpha value is -2.41. The SMILES string of the molecule is COC1CC(CC(=O)O)N(C(=O)C(c2ccccc2)N2CCCCC2=O)C1. The van der Waals surface area contributed by atoms with Gasteiger partial charge in [-0.3, -0.25) is 14.4 Å². The lowest BCUT2D eigenvalue weighted by atomic mass is 9.99. The van der Waals surface area contributed by atoms with Crippen molar-refractivity contribution in [3.05, 3.63) is 35.9 Å². The fraction of sp³-hybridized carbons (Fsp3) is 0.550. The number of aliphatic carboxylic acids is 1. The molecular weight excluding hydrogens is 348 g/mol. The zero-order valence-electron chi connectivity index (χ0n) is 15.5. The van der Waals surface area contributed by atoms with E-state index >= 15 is 0 Å². The second-order valence-corrected chi connectivity index (χ2v) is 7.19. The van der Waals surface area contributed by atoms with E-state index in [1.807, 2.05) is 30.3 Å². The second kappa shape index (κ2) is 8.52. The van der Waals surface area contributed by atoms with Crippen LogP contribution in [-0.4, -0.2) is 65.0 Å². The van der Waals surface area contributed by atoms with Crippen molar-refractivity contribution in [2.45, 2.75) is 50.3 Å².